The minimum atomic E-state index is -0.154. The number of aromatic nitrogens is 8. The van der Waals surface area contributed by atoms with Crippen LogP contribution in [0.5, 0.6) is 0 Å². The molecule has 8 nitrogen and oxygen atoms in total. The molecule has 4 heterocycles. The summed E-state index contributed by atoms with van der Waals surface area (Å²) in [6.45, 7) is 30.3. The molecule has 4 aromatic heterocycles. The molecule has 0 amide bonds. The molecular formula is C84H96F4N8+4. The second kappa shape index (κ2) is 30.7. The van der Waals surface area contributed by atoms with Crippen LogP contribution in [-0.2, 0) is 28.2 Å². The van der Waals surface area contributed by atoms with Gasteiger partial charge in [0.1, 0.15) is 46.0 Å². The highest BCUT2D eigenvalue weighted by Gasteiger charge is 2.26. The Morgan fingerprint density at radius 1 is 0.323 bits per heavy atom. The molecule has 0 aliphatic rings. The van der Waals surface area contributed by atoms with Gasteiger partial charge in [0.05, 0.1) is 49.7 Å². The summed E-state index contributed by atoms with van der Waals surface area (Å²) in [6.07, 6.45) is 14.1. The summed E-state index contributed by atoms with van der Waals surface area (Å²) in [6, 6.07) is 40.3. The van der Waals surface area contributed by atoms with Crippen molar-refractivity contribution in [1.82, 2.24) is 19.9 Å². The number of nitrogens with zero attached hydrogens (tertiary/aromatic N) is 8. The molecule has 0 aliphatic carbocycles. The molecule has 96 heavy (non-hydrogen) atoms. The number of hydrogen-bond donors (Lipinski definition) is 0. The van der Waals surface area contributed by atoms with E-state index in [1.807, 2.05) is 177 Å². The van der Waals surface area contributed by atoms with Crippen LogP contribution in [0.15, 0.2) is 147 Å². The summed E-state index contributed by atoms with van der Waals surface area (Å²) in [5.74, 6) is 1.06. The smallest absolute Gasteiger partial charge is 0.232 e. The number of hydrogen-bond acceptors (Lipinski definition) is 4. The molecule has 12 rings (SSSR count). The van der Waals surface area contributed by atoms with E-state index in [2.05, 4.69) is 117 Å². The van der Waals surface area contributed by atoms with Crippen molar-refractivity contribution in [2.24, 2.45) is 28.2 Å². The van der Waals surface area contributed by atoms with Gasteiger partial charge in [0.15, 0.2) is 22.1 Å². The van der Waals surface area contributed by atoms with Crippen molar-refractivity contribution in [2.75, 3.05) is 0 Å². The molecule has 0 radical (unpaired) electrons. The number of rotatable bonds is 13. The standard InChI is InChI=1S/3C22H26FN2.C18H18FN2/c1-6-16(7-2)17-8-9-21-19(12-17)22(25(5)13-24-21)18-10-15(4)20(23)11-14(18)3;1-6-16(7-2)17-8-9-18-21(12-17)24-13-25(5)22(18)19-10-15(4)20(23)11-14(19)3;1-6-16(7-2)17-9-8-10-18-21(17)24-13-25(5)22(18)19-11-15(4)20(23)12-14(19)3;1-11-9-15(12(2)13(3)17(11)19)18-14-7-5-6-8-16(14)20-10-21(18)4/h3*8-13,16H,6-7H2,1-5H3;5-10H,1-4H3/q4*+1. The highest BCUT2D eigenvalue weighted by atomic mass is 19.1. The molecule has 0 unspecified atom stereocenters. The molecule has 496 valence electrons. The lowest BCUT2D eigenvalue weighted by Gasteiger charge is -2.15. The summed E-state index contributed by atoms with van der Waals surface area (Å²) < 4.78 is 63.9. The summed E-state index contributed by atoms with van der Waals surface area (Å²) in [5, 5.41) is 4.44. The van der Waals surface area contributed by atoms with Gasteiger partial charge in [-0.15, -0.1) is 0 Å². The van der Waals surface area contributed by atoms with E-state index in [9.17, 15) is 17.6 Å². The predicted octanol–water partition coefficient (Wildman–Crippen LogP) is 19.9. The highest BCUT2D eigenvalue weighted by Crippen LogP contribution is 2.38. The molecule has 0 spiro atoms. The first-order valence-electron chi connectivity index (χ1n) is 34.0. The summed E-state index contributed by atoms with van der Waals surface area (Å²) >= 11 is 0. The van der Waals surface area contributed by atoms with Crippen LogP contribution in [0.25, 0.3) is 88.6 Å². The minimum Gasteiger partial charge on any atom is -0.232 e. The van der Waals surface area contributed by atoms with Crippen LogP contribution in [0.2, 0.25) is 0 Å². The third-order valence-electron chi connectivity index (χ3n) is 19.8. The van der Waals surface area contributed by atoms with Crippen LogP contribution in [0.4, 0.5) is 17.6 Å². The lowest BCUT2D eigenvalue weighted by Crippen LogP contribution is -2.32. The van der Waals surface area contributed by atoms with E-state index in [1.54, 1.807) is 18.2 Å². The van der Waals surface area contributed by atoms with Crippen molar-refractivity contribution >= 4 is 43.6 Å². The van der Waals surface area contributed by atoms with Crippen LogP contribution >= 0.6 is 0 Å². The van der Waals surface area contributed by atoms with Gasteiger partial charge in [-0.05, 0) is 285 Å². The zero-order valence-electron chi connectivity index (χ0n) is 59.9. The second-order valence-corrected chi connectivity index (χ2v) is 26.2. The van der Waals surface area contributed by atoms with Gasteiger partial charge in [0, 0.05) is 27.8 Å². The molecule has 8 aromatic carbocycles. The lowest BCUT2D eigenvalue weighted by molar-refractivity contribution is -0.662. The maximum absolute atomic E-state index is 14.1. The van der Waals surface area contributed by atoms with Crippen LogP contribution in [-0.4, -0.2) is 19.9 Å². The second-order valence-electron chi connectivity index (χ2n) is 26.2. The molecule has 0 saturated heterocycles. The van der Waals surface area contributed by atoms with Crippen LogP contribution in [0.3, 0.4) is 0 Å². The van der Waals surface area contributed by atoms with Gasteiger partial charge in [0.25, 0.3) is 25.3 Å². The minimum absolute atomic E-state index is 0.114. The van der Waals surface area contributed by atoms with E-state index in [-0.39, 0.29) is 23.3 Å². The van der Waals surface area contributed by atoms with E-state index < -0.39 is 0 Å². The van der Waals surface area contributed by atoms with Crippen molar-refractivity contribution < 1.29 is 35.8 Å². The van der Waals surface area contributed by atoms with Gasteiger partial charge in [-0.25, -0.2) is 35.8 Å². The summed E-state index contributed by atoms with van der Waals surface area (Å²) in [4.78, 5) is 18.4. The number of aryl methyl sites for hydroxylation is 11. The van der Waals surface area contributed by atoms with Crippen molar-refractivity contribution in [3.05, 3.63) is 237 Å². The van der Waals surface area contributed by atoms with Gasteiger partial charge in [-0.2, -0.15) is 0 Å². The first kappa shape index (κ1) is 71.1. The molecule has 0 saturated carbocycles. The van der Waals surface area contributed by atoms with Crippen molar-refractivity contribution in [3.8, 4) is 45.0 Å². The Labute approximate surface area is 566 Å². The number of para-hydroxylation sites is 2. The fourth-order valence-electron chi connectivity index (χ4n) is 13.8. The summed E-state index contributed by atoms with van der Waals surface area (Å²) in [5.41, 5.74) is 23.8. The average molecular weight is 1290 g/mol. The third kappa shape index (κ3) is 14.6. The van der Waals surface area contributed by atoms with E-state index in [4.69, 9.17) is 4.98 Å². The Morgan fingerprint density at radius 2 is 0.708 bits per heavy atom. The maximum atomic E-state index is 14.1. The molecule has 12 heteroatoms. The first-order valence-corrected chi connectivity index (χ1v) is 34.0. The van der Waals surface area contributed by atoms with Gasteiger partial charge in [0.2, 0.25) is 0 Å². The lowest BCUT2D eigenvalue weighted by atomic mass is 9.90. The zero-order chi connectivity index (χ0) is 69.6. The Morgan fingerprint density at radius 3 is 1.21 bits per heavy atom. The predicted molar refractivity (Wildman–Crippen MR) is 386 cm³/mol. The topological polar surface area (TPSA) is 67.1 Å². The fraction of sp³-hybridized carbons (Fsp3) is 0.333. The van der Waals surface area contributed by atoms with Crippen LogP contribution in [0, 0.1) is 85.6 Å². The maximum Gasteiger partial charge on any atom is 0.287 e. The third-order valence-corrected chi connectivity index (χ3v) is 19.8. The highest BCUT2D eigenvalue weighted by molar-refractivity contribution is 5.95. The molecule has 12 aromatic rings. The quantitative estimate of drug-likeness (QED) is 0.0852. The van der Waals surface area contributed by atoms with Crippen molar-refractivity contribution in [1.29, 1.82) is 0 Å². The largest absolute Gasteiger partial charge is 0.287 e. The van der Waals surface area contributed by atoms with Crippen LogP contribution in [0.1, 0.15) is 165 Å². The number of fused-ring (bicyclic) bond motifs is 4. The SMILES string of the molecule is CCC(CC)c1ccc2c(-c3cc(C)c(F)cc3C)[n+](C)cnc2c1.CCC(CC)c1ccc2nc[n+](C)c(-c3cc(C)c(F)cc3C)c2c1.CCC(CC)c1cccc2c(-c3cc(C)c(F)cc3C)[n+](C)cnc12.Cc1cc(-c2c3ccccc3nc[n+]2C)c(C)c(C)c1F. The molecule has 0 fully saturated rings. The van der Waals surface area contributed by atoms with Crippen molar-refractivity contribution in [2.45, 2.75) is 160 Å². The molecule has 0 bridgehead atoms. The molecule has 0 aliphatic heterocycles. The van der Waals surface area contributed by atoms with Gasteiger partial charge < -0.3 is 0 Å². The number of halogens is 4. The van der Waals surface area contributed by atoms with Gasteiger partial charge in [-0.3, -0.25) is 0 Å². The van der Waals surface area contributed by atoms with E-state index >= 15 is 0 Å². The number of benzene rings is 8. The van der Waals surface area contributed by atoms with Crippen LogP contribution < -0.4 is 18.3 Å². The molecule has 0 atom stereocenters. The molecule has 0 N–H and O–H groups in total. The first-order chi connectivity index (χ1) is 45.9. The fourth-order valence-corrected chi connectivity index (χ4v) is 13.8. The van der Waals surface area contributed by atoms with E-state index in [1.165, 1.54) is 16.7 Å². The molecular weight excluding hydrogens is 1200 g/mol. The Hall–Kier alpha value is -9.16. The Bertz CT molecular complexity index is 4780. The summed E-state index contributed by atoms with van der Waals surface area (Å²) in [7, 11) is 7.98. The van der Waals surface area contributed by atoms with Gasteiger partial charge >= 0.3 is 0 Å². The van der Waals surface area contributed by atoms with E-state index in [0.717, 1.165) is 149 Å². The monoisotopic (exact) mass is 1290 g/mol. The average Bonchev–Trinajstić information content (AvgIpc) is 0.800. The normalized spacial score (nSPS) is 11.4. The Kier molecular flexibility index (Phi) is 22.8. The zero-order valence-corrected chi connectivity index (χ0v) is 59.9. The van der Waals surface area contributed by atoms with E-state index in [0.29, 0.717) is 45.6 Å². The van der Waals surface area contributed by atoms with Gasteiger partial charge in [-0.1, -0.05) is 77.9 Å². The Balaban J connectivity index is 0.000000151. The van der Waals surface area contributed by atoms with Crippen molar-refractivity contribution in [3.63, 3.8) is 0 Å².